The normalized spacial score (nSPS) is 11.2. The number of carbonyl (C=O) groups is 1. The van der Waals surface area contributed by atoms with Crippen molar-refractivity contribution in [1.29, 1.82) is 0 Å². The van der Waals surface area contributed by atoms with Gasteiger partial charge in [0.1, 0.15) is 22.6 Å². The van der Waals surface area contributed by atoms with Crippen molar-refractivity contribution in [3.05, 3.63) is 58.5 Å². The third-order valence-corrected chi connectivity index (χ3v) is 4.93. The molecule has 2 heterocycles. The van der Waals surface area contributed by atoms with Crippen molar-refractivity contribution >= 4 is 45.5 Å². The number of fused-ring (bicyclic) bond motifs is 3. The molecule has 2 aromatic heterocycles. The van der Waals surface area contributed by atoms with Gasteiger partial charge < -0.3 is 19.8 Å². The Morgan fingerprint density at radius 2 is 2.00 bits per heavy atom. The van der Waals surface area contributed by atoms with E-state index in [0.717, 1.165) is 0 Å². The van der Waals surface area contributed by atoms with Crippen molar-refractivity contribution in [3.63, 3.8) is 0 Å². The van der Waals surface area contributed by atoms with Gasteiger partial charge in [0, 0.05) is 10.9 Å². The largest absolute Gasteiger partial charge is 0.496 e. The van der Waals surface area contributed by atoms with Crippen LogP contribution in [0.5, 0.6) is 5.75 Å². The summed E-state index contributed by atoms with van der Waals surface area (Å²) >= 11 is 6.37. The molecule has 0 saturated heterocycles. The van der Waals surface area contributed by atoms with Gasteiger partial charge in [0.2, 0.25) is 5.95 Å². The van der Waals surface area contributed by atoms with Gasteiger partial charge in [-0.3, -0.25) is 0 Å². The first-order valence-corrected chi connectivity index (χ1v) is 8.96. The summed E-state index contributed by atoms with van der Waals surface area (Å²) in [6.07, 6.45) is 0. The zero-order chi connectivity index (χ0) is 20.7. The number of hydrogen-bond acceptors (Lipinski definition) is 6. The van der Waals surface area contributed by atoms with Gasteiger partial charge in [0.25, 0.3) is 0 Å². The summed E-state index contributed by atoms with van der Waals surface area (Å²) in [6.45, 7) is 0.270. The molecule has 0 atom stereocenters. The molecule has 29 heavy (non-hydrogen) atoms. The minimum Gasteiger partial charge on any atom is -0.496 e. The lowest BCUT2D eigenvalue weighted by molar-refractivity contribution is 0.0600. The van der Waals surface area contributed by atoms with Crippen LogP contribution in [0.15, 0.2) is 36.4 Å². The Morgan fingerprint density at radius 3 is 2.72 bits per heavy atom. The number of ether oxygens (including phenoxy) is 2. The molecule has 4 aromatic rings. The smallest absolute Gasteiger partial charge is 0.337 e. The highest BCUT2D eigenvalue weighted by Crippen LogP contribution is 2.34. The first-order valence-electron chi connectivity index (χ1n) is 8.58. The van der Waals surface area contributed by atoms with Crippen molar-refractivity contribution in [1.82, 2.24) is 14.5 Å². The van der Waals surface area contributed by atoms with Crippen LogP contribution in [0, 0.1) is 5.82 Å². The Labute approximate surface area is 169 Å². The maximum atomic E-state index is 13.9. The summed E-state index contributed by atoms with van der Waals surface area (Å²) in [6, 6.07) is 9.34. The first kappa shape index (κ1) is 18.9. The van der Waals surface area contributed by atoms with E-state index in [4.69, 9.17) is 26.8 Å². The number of nitrogens with two attached hydrogens (primary N) is 1. The average molecular weight is 415 g/mol. The van der Waals surface area contributed by atoms with Crippen molar-refractivity contribution in [2.24, 2.45) is 0 Å². The van der Waals surface area contributed by atoms with E-state index in [2.05, 4.69) is 9.97 Å². The van der Waals surface area contributed by atoms with Gasteiger partial charge in [-0.2, -0.15) is 4.98 Å². The van der Waals surface area contributed by atoms with E-state index in [1.54, 1.807) is 24.3 Å². The van der Waals surface area contributed by atoms with Crippen LogP contribution in [-0.4, -0.2) is 34.7 Å². The number of carbonyl (C=O) groups excluding carboxylic acids is 1. The fourth-order valence-electron chi connectivity index (χ4n) is 3.41. The van der Waals surface area contributed by atoms with Crippen LogP contribution in [0.25, 0.3) is 21.9 Å². The van der Waals surface area contributed by atoms with Gasteiger partial charge in [-0.05, 0) is 36.4 Å². The Morgan fingerprint density at radius 1 is 1.21 bits per heavy atom. The molecule has 0 fully saturated rings. The summed E-state index contributed by atoms with van der Waals surface area (Å²) in [5.74, 6) is -0.305. The van der Waals surface area contributed by atoms with Crippen LogP contribution in [0.2, 0.25) is 5.15 Å². The minimum absolute atomic E-state index is 0.00363. The second kappa shape index (κ2) is 7.21. The standard InChI is InChI=1S/C20H16ClFN4O3/c1-28-15-6-3-10(19(27)29-2)7-11(15)9-26-14-5-4-12(22)8-13(14)16-17(26)18(21)25-20(23)24-16/h3-8H,9H2,1-2H3,(H2,23,24,25). The predicted octanol–water partition coefficient (Wildman–Crippen LogP) is 3.80. The number of nitrogens with zero attached hydrogens (tertiary/aromatic N) is 3. The fourth-order valence-corrected chi connectivity index (χ4v) is 3.68. The first-order chi connectivity index (χ1) is 13.9. The number of methoxy groups -OCH3 is 2. The fraction of sp³-hybridized carbons (Fsp3) is 0.150. The van der Waals surface area contributed by atoms with Crippen LogP contribution in [-0.2, 0) is 11.3 Å². The Balaban J connectivity index is 1.98. The molecule has 148 valence electrons. The van der Waals surface area contributed by atoms with Gasteiger partial charge in [-0.25, -0.2) is 14.2 Å². The molecule has 0 aliphatic carbocycles. The van der Waals surface area contributed by atoms with Gasteiger partial charge in [0.05, 0.1) is 31.8 Å². The summed E-state index contributed by atoms with van der Waals surface area (Å²) in [5, 5.41) is 0.700. The molecular weight excluding hydrogens is 399 g/mol. The van der Waals surface area contributed by atoms with Crippen LogP contribution in [0.1, 0.15) is 15.9 Å². The van der Waals surface area contributed by atoms with Crippen LogP contribution in [0.4, 0.5) is 10.3 Å². The Hall–Kier alpha value is -3.39. The van der Waals surface area contributed by atoms with Gasteiger partial charge in [-0.15, -0.1) is 0 Å². The molecule has 0 saturated carbocycles. The van der Waals surface area contributed by atoms with Crippen molar-refractivity contribution in [2.45, 2.75) is 6.54 Å². The minimum atomic E-state index is -0.465. The zero-order valence-electron chi connectivity index (χ0n) is 15.6. The molecule has 0 bridgehead atoms. The predicted molar refractivity (Wildman–Crippen MR) is 108 cm³/mol. The number of benzene rings is 2. The number of halogens is 2. The van der Waals surface area contributed by atoms with Gasteiger partial charge in [0.15, 0.2) is 5.15 Å². The number of hydrogen-bond donors (Lipinski definition) is 1. The summed E-state index contributed by atoms with van der Waals surface area (Å²) in [7, 11) is 2.85. The molecule has 2 N–H and O–H groups in total. The average Bonchev–Trinajstić information content (AvgIpc) is 3.00. The highest BCUT2D eigenvalue weighted by molar-refractivity contribution is 6.35. The number of rotatable bonds is 4. The molecule has 0 spiro atoms. The lowest BCUT2D eigenvalue weighted by Crippen LogP contribution is -2.07. The lowest BCUT2D eigenvalue weighted by Gasteiger charge is -2.13. The maximum absolute atomic E-state index is 13.9. The molecule has 2 aromatic carbocycles. The number of nitrogen functional groups attached to an aromatic ring is 1. The van der Waals surface area contributed by atoms with Gasteiger partial charge in [-0.1, -0.05) is 11.6 Å². The second-order valence-electron chi connectivity index (χ2n) is 6.34. The van der Waals surface area contributed by atoms with E-state index in [-0.39, 0.29) is 17.6 Å². The lowest BCUT2D eigenvalue weighted by atomic mass is 10.1. The molecule has 0 amide bonds. The molecule has 0 unspecified atom stereocenters. The third-order valence-electron chi connectivity index (χ3n) is 4.66. The van der Waals surface area contributed by atoms with Gasteiger partial charge >= 0.3 is 5.97 Å². The van der Waals surface area contributed by atoms with Crippen molar-refractivity contribution in [3.8, 4) is 5.75 Å². The topological polar surface area (TPSA) is 92.3 Å². The Kier molecular flexibility index (Phi) is 4.71. The van der Waals surface area contributed by atoms with E-state index in [1.807, 2.05) is 4.57 Å². The number of aromatic nitrogens is 3. The summed E-state index contributed by atoms with van der Waals surface area (Å²) < 4.78 is 26.0. The molecular formula is C20H16ClFN4O3. The highest BCUT2D eigenvalue weighted by atomic mass is 35.5. The third kappa shape index (κ3) is 3.21. The highest BCUT2D eigenvalue weighted by Gasteiger charge is 2.19. The second-order valence-corrected chi connectivity index (χ2v) is 6.69. The quantitative estimate of drug-likeness (QED) is 0.403. The van der Waals surface area contributed by atoms with Crippen LogP contribution in [0.3, 0.4) is 0 Å². The SMILES string of the molecule is COC(=O)c1ccc(OC)c(Cn2c3ccc(F)cc3c3nc(N)nc(Cl)c32)c1. The molecule has 4 rings (SSSR count). The molecule has 0 radical (unpaired) electrons. The van der Waals surface area contributed by atoms with E-state index in [0.29, 0.717) is 38.8 Å². The maximum Gasteiger partial charge on any atom is 0.337 e. The van der Waals surface area contributed by atoms with Crippen molar-refractivity contribution in [2.75, 3.05) is 20.0 Å². The number of esters is 1. The van der Waals surface area contributed by atoms with E-state index < -0.39 is 11.8 Å². The monoisotopic (exact) mass is 414 g/mol. The Bertz CT molecular complexity index is 1270. The molecule has 9 heteroatoms. The van der Waals surface area contributed by atoms with E-state index >= 15 is 0 Å². The van der Waals surface area contributed by atoms with Crippen LogP contribution >= 0.6 is 11.6 Å². The zero-order valence-corrected chi connectivity index (χ0v) is 16.3. The molecule has 0 aliphatic heterocycles. The van der Waals surface area contributed by atoms with Crippen LogP contribution < -0.4 is 10.5 Å². The number of anilines is 1. The summed E-state index contributed by atoms with van der Waals surface area (Å²) in [5.41, 5.74) is 8.47. The van der Waals surface area contributed by atoms with E-state index in [9.17, 15) is 9.18 Å². The molecule has 0 aliphatic rings. The van der Waals surface area contributed by atoms with E-state index in [1.165, 1.54) is 26.4 Å². The van der Waals surface area contributed by atoms with Crippen molar-refractivity contribution < 1.29 is 18.7 Å². The molecule has 7 nitrogen and oxygen atoms in total. The summed E-state index contributed by atoms with van der Waals surface area (Å²) in [4.78, 5) is 20.2.